The maximum absolute atomic E-state index is 12.0. The van der Waals surface area contributed by atoms with Crippen LogP contribution in [0, 0.1) is 5.92 Å². The SMILES string of the molecule is CCOC(=O)/C(C=NC(C(=O)O)C(C)C)=C(/O)c1ccccc1. The second-order valence-corrected chi connectivity index (χ2v) is 5.15. The van der Waals surface area contributed by atoms with E-state index in [1.165, 1.54) is 0 Å². The number of aliphatic imine (C=N–C) groups is 1. The van der Waals surface area contributed by atoms with Crippen molar-refractivity contribution in [1.29, 1.82) is 0 Å². The molecule has 0 spiro atoms. The Morgan fingerprint density at radius 3 is 2.30 bits per heavy atom. The van der Waals surface area contributed by atoms with Crippen molar-refractivity contribution >= 4 is 23.9 Å². The number of ether oxygens (including phenoxy) is 1. The Hall–Kier alpha value is -2.63. The number of rotatable bonds is 7. The van der Waals surface area contributed by atoms with Crippen LogP contribution >= 0.6 is 0 Å². The highest BCUT2D eigenvalue weighted by Gasteiger charge is 2.22. The van der Waals surface area contributed by atoms with Crippen molar-refractivity contribution in [2.45, 2.75) is 26.8 Å². The van der Waals surface area contributed by atoms with E-state index in [-0.39, 0.29) is 23.9 Å². The molecule has 2 N–H and O–H groups in total. The predicted molar refractivity (Wildman–Crippen MR) is 87.4 cm³/mol. The van der Waals surface area contributed by atoms with E-state index in [9.17, 15) is 14.7 Å². The number of hydrogen-bond donors (Lipinski definition) is 2. The molecule has 1 unspecified atom stereocenters. The summed E-state index contributed by atoms with van der Waals surface area (Å²) in [5, 5.41) is 19.5. The van der Waals surface area contributed by atoms with Gasteiger partial charge in [-0.05, 0) is 12.8 Å². The van der Waals surface area contributed by atoms with Crippen molar-refractivity contribution in [2.24, 2.45) is 10.9 Å². The van der Waals surface area contributed by atoms with Crippen LogP contribution in [0.15, 0.2) is 40.9 Å². The molecule has 0 aromatic heterocycles. The molecule has 1 aromatic rings. The van der Waals surface area contributed by atoms with Crippen LogP contribution in [-0.2, 0) is 14.3 Å². The van der Waals surface area contributed by atoms with Crippen LogP contribution in [0.3, 0.4) is 0 Å². The number of carbonyl (C=O) groups is 2. The average Bonchev–Trinajstić information content (AvgIpc) is 2.51. The number of carbonyl (C=O) groups excluding carboxylic acids is 1. The summed E-state index contributed by atoms with van der Waals surface area (Å²) in [4.78, 5) is 27.1. The normalized spacial score (nSPS) is 13.7. The van der Waals surface area contributed by atoms with Crippen molar-refractivity contribution in [3.05, 3.63) is 41.5 Å². The van der Waals surface area contributed by atoms with Gasteiger partial charge >= 0.3 is 11.9 Å². The van der Waals surface area contributed by atoms with E-state index in [2.05, 4.69) is 4.99 Å². The quantitative estimate of drug-likeness (QED) is 0.348. The number of aliphatic carboxylic acids is 1. The van der Waals surface area contributed by atoms with Crippen LogP contribution in [0.5, 0.6) is 0 Å². The van der Waals surface area contributed by atoms with Gasteiger partial charge in [0.25, 0.3) is 0 Å². The van der Waals surface area contributed by atoms with Crippen molar-refractivity contribution in [3.8, 4) is 0 Å². The first-order chi connectivity index (χ1) is 10.9. The Kier molecular flexibility index (Phi) is 6.99. The van der Waals surface area contributed by atoms with E-state index in [1.807, 2.05) is 0 Å². The number of aliphatic hydroxyl groups is 1. The summed E-state index contributed by atoms with van der Waals surface area (Å²) in [5.41, 5.74) is 0.239. The fourth-order valence-electron chi connectivity index (χ4n) is 1.85. The third-order valence-corrected chi connectivity index (χ3v) is 3.05. The molecule has 1 rings (SSSR count). The smallest absolute Gasteiger partial charge is 0.343 e. The highest BCUT2D eigenvalue weighted by molar-refractivity contribution is 6.15. The molecule has 0 saturated heterocycles. The van der Waals surface area contributed by atoms with Gasteiger partial charge in [0.15, 0.2) is 0 Å². The molecular weight excluding hydrogens is 298 g/mol. The average molecular weight is 319 g/mol. The molecule has 0 fully saturated rings. The molecule has 0 aliphatic rings. The summed E-state index contributed by atoms with van der Waals surface area (Å²) in [6, 6.07) is 7.43. The third-order valence-electron chi connectivity index (χ3n) is 3.05. The largest absolute Gasteiger partial charge is 0.506 e. The second kappa shape index (κ2) is 8.73. The fourth-order valence-corrected chi connectivity index (χ4v) is 1.85. The van der Waals surface area contributed by atoms with E-state index >= 15 is 0 Å². The Morgan fingerprint density at radius 2 is 1.83 bits per heavy atom. The first kappa shape index (κ1) is 18.4. The van der Waals surface area contributed by atoms with Crippen molar-refractivity contribution < 1.29 is 24.5 Å². The number of carboxylic acid groups (broad SMARTS) is 1. The topological polar surface area (TPSA) is 96.2 Å². The van der Waals surface area contributed by atoms with Crippen molar-refractivity contribution in [3.63, 3.8) is 0 Å². The molecule has 1 aromatic carbocycles. The van der Waals surface area contributed by atoms with E-state index in [1.54, 1.807) is 51.1 Å². The van der Waals surface area contributed by atoms with Crippen molar-refractivity contribution in [1.82, 2.24) is 0 Å². The summed E-state index contributed by atoms with van der Waals surface area (Å²) in [6.07, 6.45) is 1.07. The lowest BCUT2D eigenvalue weighted by Crippen LogP contribution is -2.24. The lowest BCUT2D eigenvalue weighted by Gasteiger charge is -2.12. The number of hydrogen-bond acceptors (Lipinski definition) is 5. The van der Waals surface area contributed by atoms with E-state index in [0.717, 1.165) is 6.21 Å². The van der Waals surface area contributed by atoms with E-state index in [0.29, 0.717) is 5.56 Å². The first-order valence-corrected chi connectivity index (χ1v) is 7.30. The summed E-state index contributed by atoms with van der Waals surface area (Å²) in [5.74, 6) is -2.42. The molecule has 6 heteroatoms. The lowest BCUT2D eigenvalue weighted by atomic mass is 10.1. The number of carboxylic acids is 1. The minimum absolute atomic E-state index is 0.130. The Labute approximate surface area is 135 Å². The molecule has 0 aliphatic carbocycles. The Morgan fingerprint density at radius 1 is 1.22 bits per heavy atom. The van der Waals surface area contributed by atoms with Crippen molar-refractivity contribution in [2.75, 3.05) is 6.61 Å². The standard InChI is InChI=1S/C17H21NO5/c1-4-23-17(22)13(10-18-14(11(2)3)16(20)21)15(19)12-8-6-5-7-9-12/h5-11,14,19H,4H2,1-3H3,(H,20,21)/b15-13+,18-10?. The zero-order valence-corrected chi connectivity index (χ0v) is 13.4. The molecule has 0 aliphatic heterocycles. The van der Waals surface area contributed by atoms with Gasteiger partial charge in [-0.25, -0.2) is 9.59 Å². The van der Waals surface area contributed by atoms with Gasteiger partial charge in [-0.3, -0.25) is 4.99 Å². The molecule has 0 bridgehead atoms. The lowest BCUT2D eigenvalue weighted by molar-refractivity contribution is -0.140. The maximum atomic E-state index is 12.0. The summed E-state index contributed by atoms with van der Waals surface area (Å²) in [6.45, 7) is 5.19. The molecule has 0 heterocycles. The van der Waals surface area contributed by atoms with E-state index in [4.69, 9.17) is 9.84 Å². The minimum atomic E-state index is -1.10. The van der Waals surface area contributed by atoms with Gasteiger partial charge in [0, 0.05) is 11.8 Å². The Balaban J connectivity index is 3.26. The minimum Gasteiger partial charge on any atom is -0.506 e. The molecule has 1 atom stereocenters. The predicted octanol–water partition coefficient (Wildman–Crippen LogP) is 2.70. The molecule has 0 radical (unpaired) electrons. The van der Waals surface area contributed by atoms with Crippen LogP contribution in [0.2, 0.25) is 0 Å². The zero-order chi connectivity index (χ0) is 17.4. The van der Waals surface area contributed by atoms with Gasteiger partial charge in [0.2, 0.25) is 0 Å². The zero-order valence-electron chi connectivity index (χ0n) is 13.4. The van der Waals surface area contributed by atoms with Gasteiger partial charge < -0.3 is 14.9 Å². The van der Waals surface area contributed by atoms with Gasteiger partial charge in [0.05, 0.1) is 6.61 Å². The highest BCUT2D eigenvalue weighted by Crippen LogP contribution is 2.17. The van der Waals surface area contributed by atoms with E-state index < -0.39 is 18.0 Å². The summed E-state index contributed by atoms with van der Waals surface area (Å²) < 4.78 is 4.90. The molecule has 124 valence electrons. The second-order valence-electron chi connectivity index (χ2n) is 5.15. The van der Waals surface area contributed by atoms with Gasteiger partial charge in [-0.2, -0.15) is 0 Å². The summed E-state index contributed by atoms with van der Waals surface area (Å²) in [7, 11) is 0. The molecular formula is C17H21NO5. The van der Waals surface area contributed by atoms with Crippen LogP contribution in [0.25, 0.3) is 5.76 Å². The van der Waals surface area contributed by atoms with Gasteiger partial charge in [-0.1, -0.05) is 44.2 Å². The first-order valence-electron chi connectivity index (χ1n) is 7.30. The van der Waals surface area contributed by atoms with Crippen LogP contribution < -0.4 is 0 Å². The Bertz CT molecular complexity index is 605. The van der Waals surface area contributed by atoms with Crippen LogP contribution in [0.4, 0.5) is 0 Å². The number of aliphatic hydroxyl groups excluding tert-OH is 1. The molecule has 23 heavy (non-hydrogen) atoms. The number of benzene rings is 1. The van der Waals surface area contributed by atoms with Gasteiger partial charge in [0.1, 0.15) is 17.4 Å². The van der Waals surface area contributed by atoms with Crippen LogP contribution in [0.1, 0.15) is 26.3 Å². The molecule has 0 saturated carbocycles. The summed E-state index contributed by atoms with van der Waals surface area (Å²) >= 11 is 0. The third kappa shape index (κ3) is 5.25. The molecule has 6 nitrogen and oxygen atoms in total. The highest BCUT2D eigenvalue weighted by atomic mass is 16.5. The van der Waals surface area contributed by atoms with Crippen LogP contribution in [-0.4, -0.2) is 41.0 Å². The number of esters is 1. The maximum Gasteiger partial charge on any atom is 0.343 e. The van der Waals surface area contributed by atoms with Gasteiger partial charge in [-0.15, -0.1) is 0 Å². The monoisotopic (exact) mass is 319 g/mol. The fraction of sp³-hybridized carbons (Fsp3) is 0.353. The number of nitrogens with zero attached hydrogens (tertiary/aromatic N) is 1. The molecule has 0 amide bonds.